The smallest absolute Gasteiger partial charge is 0.259 e. The maximum absolute atomic E-state index is 13.2. The van der Waals surface area contributed by atoms with Crippen LogP contribution in [0.2, 0.25) is 0 Å². The van der Waals surface area contributed by atoms with E-state index in [2.05, 4.69) is 30.6 Å². The Morgan fingerprint density at radius 3 is 2.83 bits per heavy atom. The third kappa shape index (κ3) is 2.87. The van der Waals surface area contributed by atoms with Crippen molar-refractivity contribution in [3.05, 3.63) is 52.2 Å². The van der Waals surface area contributed by atoms with Crippen molar-refractivity contribution in [1.82, 2.24) is 25.3 Å². The topological polar surface area (TPSA) is 110 Å². The van der Waals surface area contributed by atoms with Gasteiger partial charge in [0.15, 0.2) is 11.5 Å². The first-order chi connectivity index (χ1) is 14.0. The highest BCUT2D eigenvalue weighted by Crippen LogP contribution is 2.30. The number of rotatable bonds is 3. The number of anilines is 1. The number of thiophene rings is 1. The van der Waals surface area contributed by atoms with Crippen LogP contribution in [0.3, 0.4) is 0 Å². The number of hydrogen-bond acceptors (Lipinski definition) is 7. The summed E-state index contributed by atoms with van der Waals surface area (Å²) in [6, 6.07) is 7.60. The van der Waals surface area contributed by atoms with Crippen molar-refractivity contribution in [2.24, 2.45) is 0 Å². The fourth-order valence-electron chi connectivity index (χ4n) is 3.47. The molecule has 5 aromatic heterocycles. The van der Waals surface area contributed by atoms with Crippen molar-refractivity contribution < 1.29 is 9.32 Å². The lowest BCUT2D eigenvalue weighted by Gasteiger charge is -2.07. The standard InChI is InChI=1S/C20H16N6O2S/c1-9-7-10(2)21-17-15(9)18(25-24-17)23-19(27)12-8-13(14-5-4-6-29-14)22-20-16(12)11(3)26-28-20/h4-8H,1-3H3,(H2,21,23,24,25,27). The second-order valence-electron chi connectivity index (χ2n) is 6.81. The normalized spacial score (nSPS) is 11.4. The van der Waals surface area contributed by atoms with E-state index in [1.165, 1.54) is 0 Å². The molecule has 0 aliphatic carbocycles. The van der Waals surface area contributed by atoms with E-state index in [1.54, 1.807) is 24.3 Å². The molecule has 0 saturated carbocycles. The van der Waals surface area contributed by atoms with E-state index in [-0.39, 0.29) is 5.91 Å². The summed E-state index contributed by atoms with van der Waals surface area (Å²) in [6.07, 6.45) is 0. The summed E-state index contributed by atoms with van der Waals surface area (Å²) < 4.78 is 5.35. The maximum Gasteiger partial charge on any atom is 0.259 e. The van der Waals surface area contributed by atoms with Crippen LogP contribution in [0.25, 0.3) is 32.7 Å². The molecule has 0 aliphatic heterocycles. The molecule has 0 saturated heterocycles. The Kier molecular flexibility index (Phi) is 3.92. The van der Waals surface area contributed by atoms with E-state index in [0.717, 1.165) is 21.5 Å². The minimum absolute atomic E-state index is 0.310. The molecule has 0 fully saturated rings. The number of nitrogens with zero attached hydrogens (tertiary/aromatic N) is 4. The van der Waals surface area contributed by atoms with Crippen LogP contribution in [0.15, 0.2) is 34.2 Å². The fourth-order valence-corrected chi connectivity index (χ4v) is 4.16. The molecular weight excluding hydrogens is 388 g/mol. The molecule has 0 radical (unpaired) electrons. The highest BCUT2D eigenvalue weighted by atomic mass is 32.1. The van der Waals surface area contributed by atoms with Crippen molar-refractivity contribution in [3.63, 3.8) is 0 Å². The van der Waals surface area contributed by atoms with Gasteiger partial charge in [-0.25, -0.2) is 9.97 Å². The van der Waals surface area contributed by atoms with Gasteiger partial charge in [0.05, 0.1) is 32.6 Å². The first kappa shape index (κ1) is 17.5. The lowest BCUT2D eigenvalue weighted by Crippen LogP contribution is -2.14. The van der Waals surface area contributed by atoms with Crippen molar-refractivity contribution >= 4 is 45.2 Å². The van der Waals surface area contributed by atoms with Crippen LogP contribution in [0, 0.1) is 20.8 Å². The van der Waals surface area contributed by atoms with Gasteiger partial charge in [-0.05, 0) is 49.9 Å². The number of amides is 1. The molecule has 9 heteroatoms. The van der Waals surface area contributed by atoms with Crippen molar-refractivity contribution in [2.45, 2.75) is 20.8 Å². The third-order valence-corrected chi connectivity index (χ3v) is 5.61. The zero-order valence-electron chi connectivity index (χ0n) is 15.9. The predicted molar refractivity (Wildman–Crippen MR) is 111 cm³/mol. The lowest BCUT2D eigenvalue weighted by molar-refractivity contribution is 0.102. The van der Waals surface area contributed by atoms with E-state index in [4.69, 9.17) is 4.52 Å². The molecule has 1 amide bonds. The number of fused-ring (bicyclic) bond motifs is 2. The number of carbonyl (C=O) groups excluding carboxylic acids is 1. The van der Waals surface area contributed by atoms with Gasteiger partial charge in [-0.15, -0.1) is 11.3 Å². The first-order valence-corrected chi connectivity index (χ1v) is 9.84. The summed E-state index contributed by atoms with van der Waals surface area (Å²) in [6.45, 7) is 5.67. The van der Waals surface area contributed by atoms with Gasteiger partial charge in [0.1, 0.15) is 0 Å². The monoisotopic (exact) mass is 404 g/mol. The van der Waals surface area contributed by atoms with Crippen molar-refractivity contribution in [3.8, 4) is 10.6 Å². The van der Waals surface area contributed by atoms with Gasteiger partial charge in [0.2, 0.25) is 0 Å². The first-order valence-electron chi connectivity index (χ1n) is 8.96. The molecule has 144 valence electrons. The Balaban J connectivity index is 1.62. The molecule has 5 heterocycles. The molecule has 5 rings (SSSR count). The molecule has 29 heavy (non-hydrogen) atoms. The largest absolute Gasteiger partial charge is 0.335 e. The Morgan fingerprint density at radius 1 is 1.17 bits per heavy atom. The fraction of sp³-hybridized carbons (Fsp3) is 0.150. The van der Waals surface area contributed by atoms with Gasteiger partial charge in [0, 0.05) is 5.69 Å². The van der Waals surface area contributed by atoms with Crippen molar-refractivity contribution in [1.29, 1.82) is 0 Å². The molecule has 0 aliphatic rings. The van der Waals surface area contributed by atoms with Crippen LogP contribution in [-0.2, 0) is 0 Å². The van der Waals surface area contributed by atoms with E-state index >= 15 is 0 Å². The molecular formula is C20H16N6O2S. The van der Waals surface area contributed by atoms with E-state index in [9.17, 15) is 4.79 Å². The zero-order chi connectivity index (χ0) is 20.1. The number of aromatic amines is 1. The number of carbonyl (C=O) groups is 1. The van der Waals surface area contributed by atoms with Crippen LogP contribution < -0.4 is 5.32 Å². The average Bonchev–Trinajstić information content (AvgIpc) is 3.42. The summed E-state index contributed by atoms with van der Waals surface area (Å²) in [7, 11) is 0. The Hall–Kier alpha value is -3.59. The zero-order valence-corrected chi connectivity index (χ0v) is 16.7. The van der Waals surface area contributed by atoms with Gasteiger partial charge in [-0.2, -0.15) is 5.10 Å². The molecule has 0 atom stereocenters. The van der Waals surface area contributed by atoms with Gasteiger partial charge in [-0.3, -0.25) is 9.89 Å². The SMILES string of the molecule is Cc1cc(C)c2c(NC(=O)c3cc(-c4cccs4)nc4onc(C)c34)n[nH]c2n1. The third-order valence-electron chi connectivity index (χ3n) is 4.72. The predicted octanol–water partition coefficient (Wildman–Crippen LogP) is 4.40. The van der Waals surface area contributed by atoms with E-state index < -0.39 is 0 Å². The molecule has 5 aromatic rings. The summed E-state index contributed by atoms with van der Waals surface area (Å²) in [4.78, 5) is 23.1. The van der Waals surface area contributed by atoms with Gasteiger partial charge in [-0.1, -0.05) is 11.2 Å². The lowest BCUT2D eigenvalue weighted by atomic mass is 10.1. The molecule has 0 unspecified atom stereocenters. The molecule has 2 N–H and O–H groups in total. The number of hydrogen-bond donors (Lipinski definition) is 2. The quantitative estimate of drug-likeness (QED) is 0.461. The molecule has 0 bridgehead atoms. The van der Waals surface area contributed by atoms with Crippen LogP contribution in [0.1, 0.15) is 27.3 Å². The summed E-state index contributed by atoms with van der Waals surface area (Å²) in [5, 5.41) is 17.4. The maximum atomic E-state index is 13.2. The summed E-state index contributed by atoms with van der Waals surface area (Å²) in [5.74, 6) is 0.127. The number of aryl methyl sites for hydroxylation is 3. The van der Waals surface area contributed by atoms with Crippen LogP contribution in [0.5, 0.6) is 0 Å². The van der Waals surface area contributed by atoms with Crippen LogP contribution >= 0.6 is 11.3 Å². The Labute approximate surface area is 169 Å². The Bertz CT molecular complexity index is 1380. The van der Waals surface area contributed by atoms with Crippen molar-refractivity contribution in [2.75, 3.05) is 5.32 Å². The number of aromatic nitrogens is 5. The Morgan fingerprint density at radius 2 is 2.03 bits per heavy atom. The number of H-pyrrole nitrogens is 1. The second-order valence-corrected chi connectivity index (χ2v) is 7.76. The van der Waals surface area contributed by atoms with E-state index in [0.29, 0.717) is 39.5 Å². The molecule has 8 nitrogen and oxygen atoms in total. The average molecular weight is 404 g/mol. The minimum Gasteiger partial charge on any atom is -0.335 e. The highest BCUT2D eigenvalue weighted by molar-refractivity contribution is 7.13. The van der Waals surface area contributed by atoms with Crippen LogP contribution in [-0.4, -0.2) is 31.2 Å². The molecule has 0 spiro atoms. The molecule has 0 aromatic carbocycles. The summed E-state index contributed by atoms with van der Waals surface area (Å²) in [5.41, 5.74) is 4.54. The van der Waals surface area contributed by atoms with Gasteiger partial charge < -0.3 is 9.84 Å². The van der Waals surface area contributed by atoms with Gasteiger partial charge >= 0.3 is 0 Å². The summed E-state index contributed by atoms with van der Waals surface area (Å²) >= 11 is 1.54. The number of nitrogens with one attached hydrogen (secondary N) is 2. The van der Waals surface area contributed by atoms with E-state index in [1.807, 2.05) is 37.4 Å². The highest BCUT2D eigenvalue weighted by Gasteiger charge is 2.21. The minimum atomic E-state index is -0.310. The van der Waals surface area contributed by atoms with Gasteiger partial charge in [0.25, 0.3) is 11.6 Å². The second kappa shape index (κ2) is 6.49. The van der Waals surface area contributed by atoms with Crippen LogP contribution in [0.4, 0.5) is 5.82 Å². The number of pyridine rings is 2.